The Labute approximate surface area is 185 Å². The number of carboxylic acid groups (broad SMARTS) is 1. The number of hydrogen-bond acceptors (Lipinski definition) is 4. The van der Waals surface area contributed by atoms with Crippen LogP contribution in [0.2, 0.25) is 5.02 Å². The molecule has 8 heteroatoms. The lowest BCUT2D eigenvalue weighted by molar-refractivity contribution is 0.138. The van der Waals surface area contributed by atoms with E-state index >= 15 is 0 Å². The molecule has 2 aliphatic rings. The summed E-state index contributed by atoms with van der Waals surface area (Å²) in [6.07, 6.45) is 2.98. The Morgan fingerprint density at radius 1 is 1.03 bits per heavy atom. The first-order valence-corrected chi connectivity index (χ1v) is 10.9. The lowest BCUT2D eigenvalue weighted by atomic mass is 9.86. The molecular formula is C23H23ClN4O3. The lowest BCUT2D eigenvalue weighted by Gasteiger charge is -2.29. The van der Waals surface area contributed by atoms with Crippen molar-refractivity contribution < 1.29 is 14.6 Å². The van der Waals surface area contributed by atoms with Gasteiger partial charge in [0.05, 0.1) is 24.9 Å². The molecule has 1 fully saturated rings. The molecule has 0 saturated heterocycles. The van der Waals surface area contributed by atoms with Gasteiger partial charge >= 0.3 is 6.09 Å². The topological polar surface area (TPSA) is 80.5 Å². The Morgan fingerprint density at radius 3 is 2.55 bits per heavy atom. The molecule has 0 bridgehead atoms. The van der Waals surface area contributed by atoms with Crippen molar-refractivity contribution in [1.29, 1.82) is 0 Å². The molecule has 1 N–H and O–H groups in total. The highest BCUT2D eigenvalue weighted by Crippen LogP contribution is 2.37. The van der Waals surface area contributed by atoms with Gasteiger partial charge in [0.1, 0.15) is 11.6 Å². The maximum absolute atomic E-state index is 11.7. The van der Waals surface area contributed by atoms with Gasteiger partial charge in [-0.25, -0.2) is 4.79 Å². The minimum absolute atomic E-state index is 0.193. The standard InChI is InChI=1S/C23H23ClN4O3/c24-17-8-11-20-16(12-17)13-27(23(29)30)14-21-25-26-22(28(20)21)15-6-9-19(10-7-15)31-18-4-2-1-3-5-18/h1-5,8,11-12,15,19H,6-7,9-10,13-14H2,(H,29,30)/t15-,19+. The van der Waals surface area contributed by atoms with Gasteiger partial charge in [-0.05, 0) is 61.6 Å². The van der Waals surface area contributed by atoms with E-state index in [4.69, 9.17) is 16.3 Å². The van der Waals surface area contributed by atoms with Crippen LogP contribution in [0.15, 0.2) is 48.5 Å². The Kier molecular flexibility index (Phi) is 5.28. The quantitative estimate of drug-likeness (QED) is 0.621. The number of amides is 1. The molecule has 2 heterocycles. The van der Waals surface area contributed by atoms with Crippen LogP contribution in [-0.4, -0.2) is 37.0 Å². The van der Waals surface area contributed by atoms with Crippen LogP contribution in [0.5, 0.6) is 5.75 Å². The van der Waals surface area contributed by atoms with Crippen molar-refractivity contribution in [3.05, 3.63) is 70.8 Å². The van der Waals surface area contributed by atoms with Gasteiger partial charge in [0, 0.05) is 10.9 Å². The van der Waals surface area contributed by atoms with E-state index < -0.39 is 6.09 Å². The summed E-state index contributed by atoms with van der Waals surface area (Å²) >= 11 is 6.21. The number of aromatic nitrogens is 3. The number of carbonyl (C=O) groups is 1. The zero-order valence-electron chi connectivity index (χ0n) is 16.9. The van der Waals surface area contributed by atoms with E-state index in [1.165, 1.54) is 4.90 Å². The maximum atomic E-state index is 11.7. The highest BCUT2D eigenvalue weighted by Gasteiger charge is 2.32. The highest BCUT2D eigenvalue weighted by molar-refractivity contribution is 6.30. The zero-order chi connectivity index (χ0) is 21.4. The molecule has 7 nitrogen and oxygen atoms in total. The fourth-order valence-electron chi connectivity index (χ4n) is 4.56. The molecule has 1 amide bonds. The van der Waals surface area contributed by atoms with Gasteiger partial charge in [-0.15, -0.1) is 10.2 Å². The molecule has 1 aliphatic carbocycles. The van der Waals surface area contributed by atoms with Crippen molar-refractivity contribution in [2.45, 2.75) is 50.8 Å². The first-order chi connectivity index (χ1) is 15.1. The summed E-state index contributed by atoms with van der Waals surface area (Å²) in [5.74, 6) is 2.68. The second kappa shape index (κ2) is 8.23. The number of nitrogens with zero attached hydrogens (tertiary/aromatic N) is 4. The maximum Gasteiger partial charge on any atom is 0.408 e. The molecule has 160 valence electrons. The third kappa shape index (κ3) is 3.97. The van der Waals surface area contributed by atoms with E-state index in [9.17, 15) is 9.90 Å². The average Bonchev–Trinajstić information content (AvgIpc) is 3.10. The number of halogens is 1. The molecule has 0 radical (unpaired) electrons. The molecular weight excluding hydrogens is 416 g/mol. The van der Waals surface area contributed by atoms with Crippen LogP contribution in [0.1, 0.15) is 48.8 Å². The molecule has 0 spiro atoms. The molecule has 0 atom stereocenters. The fraction of sp³-hybridized carbons (Fsp3) is 0.348. The summed E-state index contributed by atoms with van der Waals surface area (Å²) < 4.78 is 8.17. The molecule has 0 unspecified atom stereocenters. The lowest BCUT2D eigenvalue weighted by Crippen LogP contribution is -2.28. The predicted octanol–water partition coefficient (Wildman–Crippen LogP) is 5.02. The third-order valence-corrected chi connectivity index (χ3v) is 6.32. The van der Waals surface area contributed by atoms with Crippen LogP contribution in [0, 0.1) is 0 Å². The number of hydrogen-bond donors (Lipinski definition) is 1. The molecule has 1 aromatic heterocycles. The summed E-state index contributed by atoms with van der Waals surface area (Å²) in [5.41, 5.74) is 1.77. The van der Waals surface area contributed by atoms with Gasteiger partial charge in [-0.3, -0.25) is 9.47 Å². The van der Waals surface area contributed by atoms with E-state index in [0.29, 0.717) is 10.8 Å². The van der Waals surface area contributed by atoms with E-state index in [2.05, 4.69) is 10.2 Å². The van der Waals surface area contributed by atoms with E-state index in [-0.39, 0.29) is 25.1 Å². The smallest absolute Gasteiger partial charge is 0.408 e. The van der Waals surface area contributed by atoms with Crippen LogP contribution in [0.25, 0.3) is 5.69 Å². The summed E-state index contributed by atoms with van der Waals surface area (Å²) in [4.78, 5) is 13.1. The van der Waals surface area contributed by atoms with Gasteiger partial charge in [0.25, 0.3) is 0 Å². The molecule has 1 saturated carbocycles. The van der Waals surface area contributed by atoms with Crippen molar-refractivity contribution in [3.8, 4) is 11.4 Å². The number of fused-ring (bicyclic) bond motifs is 3. The van der Waals surface area contributed by atoms with Crippen molar-refractivity contribution in [2.75, 3.05) is 0 Å². The van der Waals surface area contributed by atoms with Crippen LogP contribution < -0.4 is 4.74 Å². The molecule has 3 aromatic rings. The Hall–Kier alpha value is -3.06. The van der Waals surface area contributed by atoms with Crippen LogP contribution in [0.4, 0.5) is 4.79 Å². The van der Waals surface area contributed by atoms with Crippen LogP contribution in [0.3, 0.4) is 0 Å². The average molecular weight is 439 g/mol. The Bertz CT molecular complexity index is 1090. The van der Waals surface area contributed by atoms with Crippen molar-refractivity contribution in [2.24, 2.45) is 0 Å². The predicted molar refractivity (Wildman–Crippen MR) is 116 cm³/mol. The highest BCUT2D eigenvalue weighted by atomic mass is 35.5. The molecule has 31 heavy (non-hydrogen) atoms. The molecule has 2 aromatic carbocycles. The van der Waals surface area contributed by atoms with Gasteiger partial charge in [-0.1, -0.05) is 29.8 Å². The van der Waals surface area contributed by atoms with Crippen LogP contribution in [-0.2, 0) is 13.1 Å². The first kappa shape index (κ1) is 19.9. The minimum atomic E-state index is -0.984. The Morgan fingerprint density at radius 2 is 1.81 bits per heavy atom. The zero-order valence-corrected chi connectivity index (χ0v) is 17.7. The normalized spacial score (nSPS) is 20.5. The monoisotopic (exact) mass is 438 g/mol. The SMILES string of the molecule is O=C(O)N1Cc2cc(Cl)ccc2-n2c(nnc2[C@H]2CC[C@@H](Oc3ccccc3)CC2)C1. The minimum Gasteiger partial charge on any atom is -0.490 e. The first-order valence-electron chi connectivity index (χ1n) is 10.5. The van der Waals surface area contributed by atoms with E-state index in [0.717, 1.165) is 48.5 Å². The van der Waals surface area contributed by atoms with Crippen molar-refractivity contribution in [1.82, 2.24) is 19.7 Å². The van der Waals surface area contributed by atoms with Gasteiger partial charge < -0.3 is 9.84 Å². The number of rotatable bonds is 3. The molecule has 5 rings (SSSR count). The summed E-state index contributed by atoms with van der Waals surface area (Å²) in [6.45, 7) is 0.465. The molecule has 1 aliphatic heterocycles. The van der Waals surface area contributed by atoms with Crippen LogP contribution >= 0.6 is 11.6 Å². The van der Waals surface area contributed by atoms with Gasteiger partial charge in [-0.2, -0.15) is 0 Å². The fourth-order valence-corrected chi connectivity index (χ4v) is 4.75. The largest absolute Gasteiger partial charge is 0.490 e. The Balaban J connectivity index is 1.41. The number of benzene rings is 2. The summed E-state index contributed by atoms with van der Waals surface area (Å²) in [7, 11) is 0. The second-order valence-corrected chi connectivity index (χ2v) is 8.56. The number of ether oxygens (including phenoxy) is 1. The van der Waals surface area contributed by atoms with E-state index in [1.807, 2.05) is 53.1 Å². The third-order valence-electron chi connectivity index (χ3n) is 6.09. The van der Waals surface area contributed by atoms with Crippen molar-refractivity contribution in [3.63, 3.8) is 0 Å². The van der Waals surface area contributed by atoms with Gasteiger partial charge in [0.15, 0.2) is 5.82 Å². The van der Waals surface area contributed by atoms with E-state index in [1.54, 1.807) is 0 Å². The number of para-hydroxylation sites is 1. The summed E-state index contributed by atoms with van der Waals surface area (Å²) in [5, 5.41) is 19.1. The summed E-state index contributed by atoms with van der Waals surface area (Å²) in [6, 6.07) is 15.5. The van der Waals surface area contributed by atoms with Gasteiger partial charge in [0.2, 0.25) is 0 Å². The second-order valence-electron chi connectivity index (χ2n) is 8.13. The van der Waals surface area contributed by atoms with Crippen molar-refractivity contribution >= 4 is 17.7 Å².